The standard InChI is InChI=1S/C78H66N2O2/c1-48-33-37-56(38-34-48)79(70-31-15-27-60(76(70)81)55-24-13-23-54(45-55)58-25-11-5-17-50(58)3)72-46-68(52-19-7-8-20-52)61-42-44-67-73(47-69(53-21-9-10-22-53)62-41-43-66(72)74(61)75(62)67)80(57-39-35-49(2)36-40-57)71-32-16-30-65-64-29-14-28-63(77(64)82-78(65)71)59-26-12-6-18-51(59)4/h5-6,11-18,23-47,52-53,81H,7-10,19-22H2,1-4H3. The third-order valence-corrected chi connectivity index (χ3v) is 18.6. The van der Waals surface area contributed by atoms with Gasteiger partial charge in [0.25, 0.3) is 0 Å². The van der Waals surface area contributed by atoms with Gasteiger partial charge in [-0.1, -0.05) is 195 Å². The zero-order valence-corrected chi connectivity index (χ0v) is 47.3. The first kappa shape index (κ1) is 49.9. The number of phenols is 1. The van der Waals surface area contributed by atoms with E-state index in [4.69, 9.17) is 4.42 Å². The molecule has 4 nitrogen and oxygen atoms in total. The Labute approximate surface area is 480 Å². The van der Waals surface area contributed by atoms with Gasteiger partial charge in [-0.2, -0.15) is 0 Å². The molecule has 2 fully saturated rings. The molecule has 1 heterocycles. The molecule has 0 amide bonds. The Morgan fingerprint density at radius 2 is 0.793 bits per heavy atom. The number of rotatable bonds is 11. The molecule has 0 unspecified atom stereocenters. The third-order valence-electron chi connectivity index (χ3n) is 18.6. The topological polar surface area (TPSA) is 39.9 Å². The second-order valence-electron chi connectivity index (χ2n) is 23.7. The first-order chi connectivity index (χ1) is 40.3. The lowest BCUT2D eigenvalue weighted by Gasteiger charge is -2.32. The summed E-state index contributed by atoms with van der Waals surface area (Å²) in [4.78, 5) is 4.87. The fourth-order valence-electron chi connectivity index (χ4n) is 14.5. The number of hydrogen-bond donors (Lipinski definition) is 1. The number of aryl methyl sites for hydroxylation is 4. The van der Waals surface area contributed by atoms with E-state index in [1.807, 2.05) is 0 Å². The Morgan fingerprint density at radius 3 is 1.37 bits per heavy atom. The summed E-state index contributed by atoms with van der Waals surface area (Å²) in [5.41, 5.74) is 21.9. The predicted octanol–water partition coefficient (Wildman–Crippen LogP) is 22.7. The normalized spacial score (nSPS) is 14.1. The summed E-state index contributed by atoms with van der Waals surface area (Å²) in [6.45, 7) is 8.68. The van der Waals surface area contributed by atoms with Gasteiger partial charge >= 0.3 is 0 Å². The maximum atomic E-state index is 13.1. The van der Waals surface area contributed by atoms with E-state index in [1.54, 1.807) is 0 Å². The van der Waals surface area contributed by atoms with Crippen LogP contribution in [0, 0.1) is 27.7 Å². The van der Waals surface area contributed by atoms with Crippen molar-refractivity contribution in [2.75, 3.05) is 9.80 Å². The van der Waals surface area contributed by atoms with Gasteiger partial charge in [0.15, 0.2) is 5.58 Å². The van der Waals surface area contributed by atoms with E-state index in [0.717, 1.165) is 104 Å². The van der Waals surface area contributed by atoms with Crippen LogP contribution in [0.1, 0.15) is 96.6 Å². The quantitative estimate of drug-likeness (QED) is 0.131. The lowest BCUT2D eigenvalue weighted by atomic mass is 9.82. The molecule has 2 aliphatic rings. The van der Waals surface area contributed by atoms with Crippen LogP contribution in [0.4, 0.5) is 34.1 Å². The van der Waals surface area contributed by atoms with E-state index >= 15 is 0 Å². The molecule has 0 radical (unpaired) electrons. The molecule has 12 aromatic carbocycles. The minimum Gasteiger partial charge on any atom is -0.505 e. The Kier molecular flexibility index (Phi) is 12.3. The number of fused-ring (bicyclic) bond motifs is 3. The van der Waals surface area contributed by atoms with Gasteiger partial charge in [0.05, 0.1) is 22.7 Å². The van der Waals surface area contributed by atoms with Gasteiger partial charge in [-0.05, 0) is 186 Å². The Hall–Kier alpha value is -9.12. The minimum atomic E-state index is 0.253. The highest BCUT2D eigenvalue weighted by molar-refractivity contribution is 6.30. The van der Waals surface area contributed by atoms with Crippen molar-refractivity contribution in [3.63, 3.8) is 0 Å². The van der Waals surface area contributed by atoms with E-state index in [9.17, 15) is 5.11 Å². The number of hydrogen-bond acceptors (Lipinski definition) is 4. The second-order valence-corrected chi connectivity index (χ2v) is 23.7. The summed E-state index contributed by atoms with van der Waals surface area (Å²) < 4.78 is 7.34. The summed E-state index contributed by atoms with van der Waals surface area (Å²) in [6, 6.07) is 78.2. The number of furan rings is 1. The van der Waals surface area contributed by atoms with E-state index in [0.29, 0.717) is 11.8 Å². The molecular weight excluding hydrogens is 997 g/mol. The lowest BCUT2D eigenvalue weighted by molar-refractivity contribution is 0.478. The molecule has 15 rings (SSSR count). The first-order valence-corrected chi connectivity index (χ1v) is 29.8. The van der Waals surface area contributed by atoms with E-state index in [2.05, 4.69) is 250 Å². The molecule has 400 valence electrons. The van der Waals surface area contributed by atoms with Crippen molar-refractivity contribution in [3.05, 3.63) is 246 Å². The molecule has 1 aromatic heterocycles. The summed E-state index contributed by atoms with van der Waals surface area (Å²) in [7, 11) is 0. The first-order valence-electron chi connectivity index (χ1n) is 29.8. The molecule has 0 atom stereocenters. The second kappa shape index (κ2) is 20.1. The van der Waals surface area contributed by atoms with Crippen molar-refractivity contribution < 1.29 is 9.52 Å². The van der Waals surface area contributed by atoms with E-state index < -0.39 is 0 Å². The number of nitrogens with zero attached hydrogens (tertiary/aromatic N) is 2. The summed E-state index contributed by atoms with van der Waals surface area (Å²) in [5.74, 6) is 1.08. The van der Waals surface area contributed by atoms with Gasteiger partial charge in [-0.25, -0.2) is 0 Å². The molecule has 82 heavy (non-hydrogen) atoms. The Bertz CT molecular complexity index is 4590. The fraction of sp³-hybridized carbons (Fsp3) is 0.179. The van der Waals surface area contributed by atoms with Crippen LogP contribution >= 0.6 is 0 Å². The van der Waals surface area contributed by atoms with Crippen LogP contribution in [0.2, 0.25) is 0 Å². The zero-order chi connectivity index (χ0) is 55.2. The molecule has 0 bridgehead atoms. The average molecular weight is 1060 g/mol. The highest BCUT2D eigenvalue weighted by Gasteiger charge is 2.32. The Balaban J connectivity index is 1.01. The van der Waals surface area contributed by atoms with E-state index in [-0.39, 0.29) is 5.75 Å². The van der Waals surface area contributed by atoms with Crippen molar-refractivity contribution in [1.82, 2.24) is 0 Å². The van der Waals surface area contributed by atoms with Crippen LogP contribution in [0.3, 0.4) is 0 Å². The van der Waals surface area contributed by atoms with Crippen LogP contribution in [-0.2, 0) is 0 Å². The molecular formula is C78H66N2O2. The van der Waals surface area contributed by atoms with Gasteiger partial charge in [0.1, 0.15) is 11.3 Å². The molecule has 1 N–H and O–H groups in total. The average Bonchev–Trinajstić information content (AvgIpc) is 1.64. The van der Waals surface area contributed by atoms with Gasteiger partial charge in [-0.3, -0.25) is 0 Å². The summed E-state index contributed by atoms with van der Waals surface area (Å²) >= 11 is 0. The van der Waals surface area contributed by atoms with Crippen molar-refractivity contribution in [2.24, 2.45) is 0 Å². The van der Waals surface area contributed by atoms with Crippen molar-refractivity contribution in [2.45, 2.75) is 90.9 Å². The molecule has 13 aromatic rings. The lowest BCUT2D eigenvalue weighted by Crippen LogP contribution is -2.13. The van der Waals surface area contributed by atoms with Crippen molar-refractivity contribution >= 4 is 88.4 Å². The van der Waals surface area contributed by atoms with Gasteiger partial charge in [-0.15, -0.1) is 0 Å². The van der Waals surface area contributed by atoms with Gasteiger partial charge in [0.2, 0.25) is 0 Å². The third kappa shape index (κ3) is 8.25. The van der Waals surface area contributed by atoms with Crippen molar-refractivity contribution in [3.8, 4) is 39.1 Å². The molecule has 0 saturated heterocycles. The number of aromatic hydroxyl groups is 1. The maximum Gasteiger partial charge on any atom is 0.159 e. The van der Waals surface area contributed by atoms with Gasteiger partial charge in [0, 0.05) is 44.0 Å². The fourth-order valence-corrected chi connectivity index (χ4v) is 14.5. The predicted molar refractivity (Wildman–Crippen MR) is 346 cm³/mol. The highest BCUT2D eigenvalue weighted by atomic mass is 16.3. The van der Waals surface area contributed by atoms with Crippen LogP contribution < -0.4 is 9.80 Å². The Morgan fingerprint density at radius 1 is 0.354 bits per heavy atom. The highest BCUT2D eigenvalue weighted by Crippen LogP contribution is 2.55. The SMILES string of the molecule is Cc1ccc(N(c2cccc(-c3cccc(-c4ccccc4C)c3)c2O)c2cc(C3CCCC3)c3ccc4c(N(c5ccc(C)cc5)c5cccc6c5oc5c(-c7ccccc7C)cccc56)cc(C5CCCC5)c5ccc2c3c54)cc1. The molecule has 0 aliphatic heterocycles. The molecule has 2 aliphatic carbocycles. The monoisotopic (exact) mass is 1060 g/mol. The number of para-hydroxylation sites is 3. The molecule has 2 saturated carbocycles. The number of benzene rings is 12. The van der Waals surface area contributed by atoms with Gasteiger partial charge < -0.3 is 19.3 Å². The molecule has 4 heteroatoms. The largest absolute Gasteiger partial charge is 0.505 e. The van der Waals surface area contributed by atoms with Crippen LogP contribution in [0.15, 0.2) is 217 Å². The van der Waals surface area contributed by atoms with Crippen molar-refractivity contribution in [1.29, 1.82) is 0 Å². The number of anilines is 6. The minimum absolute atomic E-state index is 0.253. The summed E-state index contributed by atoms with van der Waals surface area (Å²) in [6.07, 6.45) is 9.52. The van der Waals surface area contributed by atoms with Crippen LogP contribution in [0.5, 0.6) is 5.75 Å². The van der Waals surface area contributed by atoms with Crippen LogP contribution in [0.25, 0.3) is 87.6 Å². The number of phenolic OH excluding ortho intramolecular Hbond substituents is 1. The summed E-state index contributed by atoms with van der Waals surface area (Å²) in [5, 5.41) is 22.9. The van der Waals surface area contributed by atoms with E-state index in [1.165, 1.54) is 103 Å². The smallest absolute Gasteiger partial charge is 0.159 e. The van der Waals surface area contributed by atoms with Crippen LogP contribution in [-0.4, -0.2) is 5.11 Å². The molecule has 0 spiro atoms. The zero-order valence-electron chi connectivity index (χ0n) is 47.3. The maximum absolute atomic E-state index is 13.1.